The zero-order chi connectivity index (χ0) is 14.4. The van der Waals surface area contributed by atoms with Gasteiger partial charge in [-0.15, -0.1) is 0 Å². The largest absolute Gasteiger partial charge is 0.481 e. The summed E-state index contributed by atoms with van der Waals surface area (Å²) in [5.41, 5.74) is 0.618. The molecular weight excluding hydrogens is 252 g/mol. The molecule has 0 unspecified atom stereocenters. The maximum absolute atomic E-state index is 11.6. The molecule has 19 heavy (non-hydrogen) atoms. The highest BCUT2D eigenvalue weighted by Crippen LogP contribution is 2.10. The quantitative estimate of drug-likeness (QED) is 0.727. The second-order valence-corrected chi connectivity index (χ2v) is 3.77. The van der Waals surface area contributed by atoms with Gasteiger partial charge in [-0.3, -0.25) is 5.32 Å². The van der Waals surface area contributed by atoms with E-state index in [0.29, 0.717) is 11.6 Å². The smallest absolute Gasteiger partial charge is 0.326 e. The minimum Gasteiger partial charge on any atom is -0.481 e. The van der Waals surface area contributed by atoms with E-state index in [1.807, 2.05) is 0 Å². The Morgan fingerprint density at radius 3 is 2.68 bits per heavy atom. The Kier molecular flexibility index (Phi) is 5.04. The normalized spacial score (nSPS) is 11.5. The molecule has 0 radical (unpaired) electrons. The number of carboxylic acid groups (broad SMARTS) is 1. The summed E-state index contributed by atoms with van der Waals surface area (Å²) >= 11 is 0. The molecule has 8 heteroatoms. The van der Waals surface area contributed by atoms with Gasteiger partial charge in [0, 0.05) is 11.8 Å². The lowest BCUT2D eigenvalue weighted by molar-refractivity contribution is -0.139. The molecular formula is C11H16N4O4. The second kappa shape index (κ2) is 6.53. The van der Waals surface area contributed by atoms with Gasteiger partial charge in [0.1, 0.15) is 6.04 Å². The third-order valence-corrected chi connectivity index (χ3v) is 2.28. The zero-order valence-corrected chi connectivity index (χ0v) is 10.9. The van der Waals surface area contributed by atoms with Crippen LogP contribution in [-0.4, -0.2) is 40.2 Å². The number of methoxy groups -OCH3 is 1. The van der Waals surface area contributed by atoms with Crippen molar-refractivity contribution in [2.45, 2.75) is 26.3 Å². The van der Waals surface area contributed by atoms with E-state index < -0.39 is 18.0 Å². The highest BCUT2D eigenvalue weighted by Gasteiger charge is 2.18. The van der Waals surface area contributed by atoms with Crippen molar-refractivity contribution in [1.29, 1.82) is 0 Å². The first kappa shape index (κ1) is 14.7. The molecule has 2 amide bonds. The zero-order valence-electron chi connectivity index (χ0n) is 10.9. The summed E-state index contributed by atoms with van der Waals surface area (Å²) in [6.07, 6.45) is 0.279. The molecule has 0 aliphatic rings. The summed E-state index contributed by atoms with van der Waals surface area (Å²) in [6.45, 7) is 3.38. The Bertz CT molecular complexity index is 478. The lowest BCUT2D eigenvalue weighted by Crippen LogP contribution is -2.42. The number of nitrogens with one attached hydrogen (secondary N) is 2. The fourth-order valence-electron chi connectivity index (χ4n) is 1.33. The number of ether oxygens (including phenoxy) is 1. The van der Waals surface area contributed by atoms with E-state index in [4.69, 9.17) is 9.84 Å². The number of nitrogens with zero attached hydrogens (tertiary/aromatic N) is 2. The molecule has 8 nitrogen and oxygen atoms in total. The van der Waals surface area contributed by atoms with Crippen LogP contribution in [0, 0.1) is 6.92 Å². The predicted octanol–water partition coefficient (Wildman–Crippen LogP) is 0.778. The Balaban J connectivity index is 2.71. The van der Waals surface area contributed by atoms with Crippen molar-refractivity contribution in [2.75, 3.05) is 12.4 Å². The second-order valence-electron chi connectivity index (χ2n) is 3.77. The van der Waals surface area contributed by atoms with Crippen molar-refractivity contribution in [3.8, 4) is 5.88 Å². The van der Waals surface area contributed by atoms with Crippen LogP contribution in [0.2, 0.25) is 0 Å². The average Bonchev–Trinajstić information content (AvgIpc) is 2.34. The average molecular weight is 268 g/mol. The summed E-state index contributed by atoms with van der Waals surface area (Å²) in [7, 11) is 1.45. The van der Waals surface area contributed by atoms with Crippen LogP contribution in [0.15, 0.2) is 6.07 Å². The van der Waals surface area contributed by atoms with Gasteiger partial charge in [-0.25, -0.2) is 14.6 Å². The first-order valence-corrected chi connectivity index (χ1v) is 5.66. The van der Waals surface area contributed by atoms with Crippen LogP contribution in [0.25, 0.3) is 0 Å². The van der Waals surface area contributed by atoms with Crippen LogP contribution in [0.5, 0.6) is 5.88 Å². The molecule has 0 aliphatic heterocycles. The number of anilines is 1. The third kappa shape index (κ3) is 4.41. The molecule has 1 aromatic heterocycles. The molecule has 0 bridgehead atoms. The highest BCUT2D eigenvalue weighted by atomic mass is 16.5. The Morgan fingerprint density at radius 1 is 1.47 bits per heavy atom. The standard InChI is InChI=1S/C11H16N4O4/c1-4-7(9(16)17)13-11(18)15-10-12-6(2)5-8(14-10)19-3/h5,7H,4H2,1-3H3,(H,16,17)(H2,12,13,14,15,18)/t7-/m0/s1. The maximum atomic E-state index is 11.6. The molecule has 0 aliphatic carbocycles. The first-order chi connectivity index (χ1) is 8.96. The minimum atomic E-state index is -1.10. The number of rotatable bonds is 5. The van der Waals surface area contributed by atoms with Gasteiger partial charge in [-0.1, -0.05) is 6.92 Å². The van der Waals surface area contributed by atoms with Crippen molar-refractivity contribution < 1.29 is 19.4 Å². The monoisotopic (exact) mass is 268 g/mol. The van der Waals surface area contributed by atoms with E-state index in [1.54, 1.807) is 19.9 Å². The van der Waals surface area contributed by atoms with Crippen molar-refractivity contribution in [1.82, 2.24) is 15.3 Å². The number of aliphatic carboxylic acids is 1. The number of aromatic nitrogens is 2. The molecule has 0 saturated carbocycles. The van der Waals surface area contributed by atoms with Crippen LogP contribution in [0.3, 0.4) is 0 Å². The summed E-state index contributed by atoms with van der Waals surface area (Å²) in [5, 5.41) is 13.5. The first-order valence-electron chi connectivity index (χ1n) is 5.66. The molecule has 1 aromatic rings. The number of carboxylic acids is 1. The fourth-order valence-corrected chi connectivity index (χ4v) is 1.33. The number of hydrogen-bond acceptors (Lipinski definition) is 5. The Hall–Kier alpha value is -2.38. The topological polar surface area (TPSA) is 113 Å². The molecule has 1 rings (SSSR count). The Morgan fingerprint density at radius 2 is 2.16 bits per heavy atom. The molecule has 1 atom stereocenters. The van der Waals surface area contributed by atoms with Gasteiger partial charge in [0.2, 0.25) is 11.8 Å². The van der Waals surface area contributed by atoms with Gasteiger partial charge < -0.3 is 15.2 Å². The van der Waals surface area contributed by atoms with Crippen LogP contribution in [0.1, 0.15) is 19.0 Å². The van der Waals surface area contributed by atoms with Gasteiger partial charge >= 0.3 is 12.0 Å². The van der Waals surface area contributed by atoms with Crippen LogP contribution in [0.4, 0.5) is 10.7 Å². The number of carbonyl (C=O) groups excluding carboxylic acids is 1. The van der Waals surface area contributed by atoms with Crippen molar-refractivity contribution in [3.63, 3.8) is 0 Å². The fraction of sp³-hybridized carbons (Fsp3) is 0.455. The van der Waals surface area contributed by atoms with Gasteiger partial charge in [-0.05, 0) is 13.3 Å². The third-order valence-electron chi connectivity index (χ3n) is 2.28. The summed E-state index contributed by atoms with van der Waals surface area (Å²) in [5.74, 6) is -0.733. The summed E-state index contributed by atoms with van der Waals surface area (Å²) in [6, 6.07) is -0.0246. The number of carbonyl (C=O) groups is 2. The van der Waals surface area contributed by atoms with E-state index in [1.165, 1.54) is 7.11 Å². The number of aryl methyl sites for hydroxylation is 1. The lowest BCUT2D eigenvalue weighted by atomic mass is 10.2. The number of amides is 2. The molecule has 104 valence electrons. The highest BCUT2D eigenvalue weighted by molar-refractivity contribution is 5.90. The van der Waals surface area contributed by atoms with Crippen molar-refractivity contribution in [3.05, 3.63) is 11.8 Å². The van der Waals surface area contributed by atoms with Gasteiger partial charge in [0.25, 0.3) is 0 Å². The number of urea groups is 1. The Labute approximate surface area is 110 Å². The van der Waals surface area contributed by atoms with Gasteiger partial charge in [0.05, 0.1) is 7.11 Å². The molecule has 0 aromatic carbocycles. The van der Waals surface area contributed by atoms with Crippen molar-refractivity contribution in [2.24, 2.45) is 0 Å². The van der Waals surface area contributed by atoms with E-state index in [9.17, 15) is 9.59 Å². The van der Waals surface area contributed by atoms with E-state index in [2.05, 4.69) is 20.6 Å². The molecule has 0 saturated heterocycles. The van der Waals surface area contributed by atoms with Gasteiger partial charge in [-0.2, -0.15) is 4.98 Å². The summed E-state index contributed by atoms with van der Waals surface area (Å²) < 4.78 is 4.94. The molecule has 1 heterocycles. The van der Waals surface area contributed by atoms with Crippen LogP contribution < -0.4 is 15.4 Å². The van der Waals surface area contributed by atoms with E-state index >= 15 is 0 Å². The molecule has 3 N–H and O–H groups in total. The van der Waals surface area contributed by atoms with Gasteiger partial charge in [0.15, 0.2) is 0 Å². The maximum Gasteiger partial charge on any atom is 0.326 e. The van der Waals surface area contributed by atoms with Crippen LogP contribution >= 0.6 is 0 Å². The number of hydrogen-bond donors (Lipinski definition) is 3. The molecule has 0 spiro atoms. The lowest BCUT2D eigenvalue weighted by Gasteiger charge is -2.12. The van der Waals surface area contributed by atoms with Crippen LogP contribution in [-0.2, 0) is 4.79 Å². The van der Waals surface area contributed by atoms with E-state index in [0.717, 1.165) is 0 Å². The molecule has 0 fully saturated rings. The van der Waals surface area contributed by atoms with Crippen molar-refractivity contribution >= 4 is 17.9 Å². The van der Waals surface area contributed by atoms with E-state index in [-0.39, 0.29) is 12.4 Å². The summed E-state index contributed by atoms with van der Waals surface area (Å²) in [4.78, 5) is 30.3. The minimum absolute atomic E-state index is 0.0505. The predicted molar refractivity (Wildman–Crippen MR) is 67.2 cm³/mol. The SMILES string of the molecule is CC[C@H](NC(=O)Nc1nc(C)cc(OC)n1)C(=O)O.